The van der Waals surface area contributed by atoms with Crippen LogP contribution in [-0.2, 0) is 11.2 Å². The van der Waals surface area contributed by atoms with Gasteiger partial charge in [-0.3, -0.25) is 14.4 Å². The summed E-state index contributed by atoms with van der Waals surface area (Å²) in [6.45, 7) is 0. The molecule has 0 bridgehead atoms. The van der Waals surface area contributed by atoms with Crippen LogP contribution in [0.25, 0.3) is 0 Å². The summed E-state index contributed by atoms with van der Waals surface area (Å²) in [5, 5.41) is 11.4. The lowest BCUT2D eigenvalue weighted by atomic mass is 10.0. The number of nitrogens with one attached hydrogen (secondary N) is 1. The number of carboxylic acid groups (broad SMARTS) is 1. The molecule has 0 aliphatic heterocycles. The van der Waals surface area contributed by atoms with Gasteiger partial charge in [0.25, 0.3) is 0 Å². The maximum absolute atomic E-state index is 13.4. The number of benzene rings is 1. The van der Waals surface area contributed by atoms with Crippen LogP contribution < -0.4 is 5.32 Å². The van der Waals surface area contributed by atoms with Crippen molar-refractivity contribution in [2.75, 3.05) is 7.05 Å². The molecule has 6 heteroatoms. The first-order valence-electron chi connectivity index (χ1n) is 5.16. The lowest BCUT2D eigenvalue weighted by molar-refractivity contribution is -0.139. The predicted octanol–water partition coefficient (Wildman–Crippen LogP) is 0.666. The van der Waals surface area contributed by atoms with E-state index in [9.17, 15) is 18.8 Å². The number of aldehydes is 2. The van der Waals surface area contributed by atoms with Gasteiger partial charge in [-0.15, -0.1) is 0 Å². The van der Waals surface area contributed by atoms with Gasteiger partial charge in [-0.1, -0.05) is 0 Å². The van der Waals surface area contributed by atoms with Crippen LogP contribution in [0.2, 0.25) is 0 Å². The van der Waals surface area contributed by atoms with Crippen LogP contribution in [0.15, 0.2) is 12.1 Å². The minimum atomic E-state index is -1.07. The highest BCUT2D eigenvalue weighted by Crippen LogP contribution is 2.15. The number of carbonyl (C=O) groups excluding carboxylic acids is 2. The highest BCUT2D eigenvalue weighted by Gasteiger charge is 2.17. The van der Waals surface area contributed by atoms with E-state index in [1.165, 1.54) is 19.2 Å². The zero-order chi connectivity index (χ0) is 13.7. The molecule has 0 fully saturated rings. The molecule has 0 amide bonds. The fourth-order valence-electron chi connectivity index (χ4n) is 1.57. The number of likely N-dealkylation sites (N-methyl/N-ethyl adjacent to an activating group) is 1. The van der Waals surface area contributed by atoms with Gasteiger partial charge in [0, 0.05) is 0 Å². The van der Waals surface area contributed by atoms with Crippen LogP contribution in [-0.4, -0.2) is 36.7 Å². The third kappa shape index (κ3) is 2.98. The molecule has 0 saturated carbocycles. The van der Waals surface area contributed by atoms with E-state index < -0.39 is 17.8 Å². The summed E-state index contributed by atoms with van der Waals surface area (Å²) in [5.74, 6) is -1.96. The molecule has 1 atom stereocenters. The molecule has 0 radical (unpaired) electrons. The van der Waals surface area contributed by atoms with Crippen molar-refractivity contribution in [1.29, 1.82) is 0 Å². The standard InChI is InChI=1S/C12H12FNO4/c1-14-10(12(17)18)4-7-2-8(5-15)11(13)9(3-7)6-16/h2-3,5-6,10,14H,4H2,1H3,(H,17,18)/t10-/m1/s1. The Morgan fingerprint density at radius 3 is 2.22 bits per heavy atom. The quantitative estimate of drug-likeness (QED) is 0.728. The lowest BCUT2D eigenvalue weighted by Gasteiger charge is -2.12. The monoisotopic (exact) mass is 253 g/mol. The number of halogens is 1. The van der Waals surface area contributed by atoms with Crippen molar-refractivity contribution in [1.82, 2.24) is 5.32 Å². The molecule has 0 aliphatic carbocycles. The third-order valence-electron chi connectivity index (χ3n) is 2.53. The molecule has 0 aliphatic rings. The smallest absolute Gasteiger partial charge is 0.321 e. The average molecular weight is 253 g/mol. The Bertz CT molecular complexity index is 458. The number of carboxylic acids is 1. The van der Waals surface area contributed by atoms with Crippen LogP contribution in [0.3, 0.4) is 0 Å². The second kappa shape index (κ2) is 6.02. The van der Waals surface area contributed by atoms with Crippen molar-refractivity contribution < 1.29 is 23.9 Å². The first-order valence-corrected chi connectivity index (χ1v) is 5.16. The molecule has 0 heterocycles. The van der Waals surface area contributed by atoms with Gasteiger partial charge in [0.05, 0.1) is 11.1 Å². The van der Waals surface area contributed by atoms with Gasteiger partial charge in [0.1, 0.15) is 11.9 Å². The van der Waals surface area contributed by atoms with Gasteiger partial charge in [-0.2, -0.15) is 0 Å². The van der Waals surface area contributed by atoms with E-state index in [-0.39, 0.29) is 17.5 Å². The molecule has 2 N–H and O–H groups in total. The van der Waals surface area contributed by atoms with Gasteiger partial charge in [0.2, 0.25) is 0 Å². The maximum atomic E-state index is 13.4. The Hall–Kier alpha value is -2.08. The molecule has 0 aromatic heterocycles. The summed E-state index contributed by atoms with van der Waals surface area (Å²) < 4.78 is 13.4. The molecule has 1 aromatic carbocycles. The van der Waals surface area contributed by atoms with Crippen molar-refractivity contribution in [3.63, 3.8) is 0 Å². The number of aliphatic carboxylic acids is 1. The van der Waals surface area contributed by atoms with E-state index in [4.69, 9.17) is 5.11 Å². The zero-order valence-corrected chi connectivity index (χ0v) is 9.64. The third-order valence-corrected chi connectivity index (χ3v) is 2.53. The lowest BCUT2D eigenvalue weighted by Crippen LogP contribution is -2.35. The maximum Gasteiger partial charge on any atom is 0.321 e. The van der Waals surface area contributed by atoms with E-state index in [0.29, 0.717) is 18.1 Å². The molecular weight excluding hydrogens is 241 g/mol. The van der Waals surface area contributed by atoms with Crippen LogP contribution in [0.5, 0.6) is 0 Å². The Morgan fingerprint density at radius 2 is 1.89 bits per heavy atom. The van der Waals surface area contributed by atoms with Crippen molar-refractivity contribution in [3.8, 4) is 0 Å². The fourth-order valence-corrected chi connectivity index (χ4v) is 1.57. The molecule has 1 rings (SSSR count). The number of hydrogen-bond donors (Lipinski definition) is 2. The fraction of sp³-hybridized carbons (Fsp3) is 0.250. The predicted molar refractivity (Wildman–Crippen MR) is 61.4 cm³/mol. The Kier molecular flexibility index (Phi) is 4.67. The molecule has 0 spiro atoms. The minimum absolute atomic E-state index is 0.0494. The van der Waals surface area contributed by atoms with E-state index in [1.807, 2.05) is 0 Å². The largest absolute Gasteiger partial charge is 0.480 e. The van der Waals surface area contributed by atoms with Gasteiger partial charge < -0.3 is 10.4 Å². The normalized spacial score (nSPS) is 11.9. The van der Waals surface area contributed by atoms with Crippen LogP contribution in [0.1, 0.15) is 26.3 Å². The summed E-state index contributed by atoms with van der Waals surface area (Å²) in [5.41, 5.74) is -0.105. The summed E-state index contributed by atoms with van der Waals surface area (Å²) in [4.78, 5) is 32.1. The van der Waals surface area contributed by atoms with Gasteiger partial charge in [-0.05, 0) is 31.2 Å². The number of carbonyl (C=O) groups is 3. The van der Waals surface area contributed by atoms with Crippen molar-refractivity contribution >= 4 is 18.5 Å². The molecule has 96 valence electrons. The van der Waals surface area contributed by atoms with Gasteiger partial charge in [-0.25, -0.2) is 4.39 Å². The molecule has 0 saturated heterocycles. The summed E-state index contributed by atoms with van der Waals surface area (Å²) in [6.07, 6.45) is 0.635. The molecular formula is C12H12FNO4. The first-order chi connectivity index (χ1) is 8.53. The van der Waals surface area contributed by atoms with Crippen molar-refractivity contribution in [2.45, 2.75) is 12.5 Å². The van der Waals surface area contributed by atoms with E-state index in [1.54, 1.807) is 0 Å². The summed E-state index contributed by atoms with van der Waals surface area (Å²) in [7, 11) is 1.48. The Morgan fingerprint density at radius 1 is 1.39 bits per heavy atom. The Labute approximate surface area is 103 Å². The van der Waals surface area contributed by atoms with E-state index in [0.717, 1.165) is 0 Å². The molecule has 5 nitrogen and oxygen atoms in total. The van der Waals surface area contributed by atoms with Crippen molar-refractivity contribution in [2.24, 2.45) is 0 Å². The van der Waals surface area contributed by atoms with E-state index in [2.05, 4.69) is 5.32 Å². The Balaban J connectivity index is 3.13. The van der Waals surface area contributed by atoms with Crippen LogP contribution in [0.4, 0.5) is 4.39 Å². The summed E-state index contributed by atoms with van der Waals surface area (Å²) >= 11 is 0. The average Bonchev–Trinajstić information content (AvgIpc) is 2.36. The molecule has 18 heavy (non-hydrogen) atoms. The molecule has 1 aromatic rings. The van der Waals surface area contributed by atoms with Crippen LogP contribution in [0, 0.1) is 5.82 Å². The first kappa shape index (κ1) is 14.0. The number of hydrogen-bond acceptors (Lipinski definition) is 4. The van der Waals surface area contributed by atoms with E-state index >= 15 is 0 Å². The van der Waals surface area contributed by atoms with Crippen LogP contribution >= 0.6 is 0 Å². The van der Waals surface area contributed by atoms with Gasteiger partial charge >= 0.3 is 5.97 Å². The van der Waals surface area contributed by atoms with Gasteiger partial charge in [0.15, 0.2) is 12.6 Å². The second-order valence-corrected chi connectivity index (χ2v) is 3.71. The highest BCUT2D eigenvalue weighted by atomic mass is 19.1. The minimum Gasteiger partial charge on any atom is -0.480 e. The second-order valence-electron chi connectivity index (χ2n) is 3.71. The number of rotatable bonds is 6. The SMILES string of the molecule is CN[C@H](Cc1cc(C=O)c(F)c(C=O)c1)C(=O)O. The topological polar surface area (TPSA) is 83.5 Å². The summed E-state index contributed by atoms with van der Waals surface area (Å²) in [6, 6.07) is 1.61. The highest BCUT2D eigenvalue weighted by molar-refractivity contribution is 5.83. The van der Waals surface area contributed by atoms with Crippen molar-refractivity contribution in [3.05, 3.63) is 34.6 Å². The molecule has 0 unspecified atom stereocenters. The zero-order valence-electron chi connectivity index (χ0n) is 9.64.